The van der Waals surface area contributed by atoms with Crippen molar-refractivity contribution in [1.29, 1.82) is 0 Å². The van der Waals surface area contributed by atoms with Crippen molar-refractivity contribution < 1.29 is 46.1 Å². The number of rotatable bonds is 5. The SMILES string of the molecule is CC1=CC(C)(C)c2cc3c(cc21)-c1cc2c(cc1[CH]3/[Zr+2](=[CH]/c1ccccc1)[C]1=C(C)C(CC34CC5CC(CC(C5)C3)C4)=CC1C)C(C)(C)C=C2C.[Cl-].[Cl-]. The molecule has 0 nitrogen and oxygen atoms in total. The fourth-order valence-electron chi connectivity index (χ4n) is 13.4. The molecule has 0 heterocycles. The van der Waals surface area contributed by atoms with Gasteiger partial charge in [0.05, 0.1) is 0 Å². The molecule has 0 amide bonds. The molecule has 3 heteroatoms. The largest absolute Gasteiger partial charge is 1.00 e. The minimum absolute atomic E-state index is 0. The third kappa shape index (κ3) is 5.86. The minimum atomic E-state index is -2.65. The van der Waals surface area contributed by atoms with Crippen LogP contribution in [0.1, 0.15) is 143 Å². The van der Waals surface area contributed by atoms with Gasteiger partial charge in [-0.2, -0.15) is 0 Å². The summed E-state index contributed by atoms with van der Waals surface area (Å²) >= 11 is -2.65. The van der Waals surface area contributed by atoms with Crippen LogP contribution in [-0.2, 0) is 32.1 Å². The number of hydrogen-bond acceptors (Lipinski definition) is 0. The van der Waals surface area contributed by atoms with E-state index >= 15 is 0 Å². The molecule has 0 radical (unpaired) electrons. The van der Waals surface area contributed by atoms with E-state index < -0.39 is 21.3 Å². The predicted octanol–water partition coefficient (Wildman–Crippen LogP) is 7.08. The first-order valence-electron chi connectivity index (χ1n) is 20.2. The van der Waals surface area contributed by atoms with E-state index in [1.807, 2.05) is 3.28 Å². The van der Waals surface area contributed by atoms with Crippen LogP contribution >= 0.6 is 0 Å². The molecule has 0 saturated heterocycles. The Labute approximate surface area is 339 Å². The van der Waals surface area contributed by atoms with Crippen LogP contribution in [0.3, 0.4) is 0 Å². The van der Waals surface area contributed by atoms with Gasteiger partial charge in [0, 0.05) is 0 Å². The van der Waals surface area contributed by atoms with Crippen molar-refractivity contribution in [2.24, 2.45) is 29.1 Å². The molecule has 8 aliphatic carbocycles. The van der Waals surface area contributed by atoms with Gasteiger partial charge in [-0.3, -0.25) is 0 Å². The topological polar surface area (TPSA) is 0 Å². The van der Waals surface area contributed by atoms with Gasteiger partial charge in [-0.25, -0.2) is 0 Å². The monoisotopic (exact) mass is 816 g/mol. The van der Waals surface area contributed by atoms with Gasteiger partial charge in [0.2, 0.25) is 0 Å². The van der Waals surface area contributed by atoms with Crippen LogP contribution in [0.2, 0.25) is 0 Å². The van der Waals surface area contributed by atoms with Crippen LogP contribution in [0.25, 0.3) is 22.3 Å². The van der Waals surface area contributed by atoms with Crippen LogP contribution in [0.5, 0.6) is 0 Å². The maximum absolute atomic E-state index is 2.87. The van der Waals surface area contributed by atoms with Gasteiger partial charge in [-0.1, -0.05) is 0 Å². The molecule has 53 heavy (non-hydrogen) atoms. The van der Waals surface area contributed by atoms with Gasteiger partial charge in [0.25, 0.3) is 0 Å². The third-order valence-electron chi connectivity index (χ3n) is 15.0. The standard InChI is InChI=1S/C25H25.C18H25.C7H6.2ClH.Zr/c1-14-12-24(3,4)22-8-16-7-17-9-23-19(15(2)13-25(23,5)6)11-21(17)20(16)10-18(14)22;1-12-3-13(2)17(4-12)11-18-8-14-5-15(9-18)7-16(6-14)10-18;1-7-5-3-2-4-6-7;;;/h7-13H,1-6H3;4,12,14-16H,5-11H2,1-2H3;1-6H;2*1H;/q;;;;;+2/p-2. The van der Waals surface area contributed by atoms with E-state index in [1.54, 1.807) is 22.3 Å². The van der Waals surface area contributed by atoms with Gasteiger partial charge < -0.3 is 24.8 Å². The van der Waals surface area contributed by atoms with E-state index in [4.69, 9.17) is 0 Å². The first-order valence-corrected chi connectivity index (χ1v) is 24.3. The van der Waals surface area contributed by atoms with Crippen molar-refractivity contribution in [3.8, 4) is 11.1 Å². The molecule has 4 bridgehead atoms. The first kappa shape index (κ1) is 37.9. The normalized spacial score (nSPS) is 29.2. The zero-order valence-corrected chi connectivity index (χ0v) is 37.1. The molecule has 3 aromatic rings. The van der Waals surface area contributed by atoms with Gasteiger partial charge in [-0.05, 0) is 0 Å². The number of benzene rings is 3. The van der Waals surface area contributed by atoms with Crippen molar-refractivity contribution in [2.75, 3.05) is 0 Å². The molecular formula is C50H56Cl2Zr. The number of allylic oxidation sites excluding steroid dienone is 8. The molecule has 0 aromatic heterocycles. The summed E-state index contributed by atoms with van der Waals surface area (Å²) in [5.41, 5.74) is 20.8. The molecule has 4 fully saturated rings. The predicted molar refractivity (Wildman–Crippen MR) is 214 cm³/mol. The molecule has 0 spiro atoms. The van der Waals surface area contributed by atoms with E-state index in [-0.39, 0.29) is 35.6 Å². The van der Waals surface area contributed by atoms with Crippen LogP contribution in [-0.4, -0.2) is 3.71 Å². The Hall–Kier alpha value is -2.05. The molecule has 1 unspecified atom stereocenters. The third-order valence-corrected chi connectivity index (χ3v) is 23.2. The summed E-state index contributed by atoms with van der Waals surface area (Å²) in [6, 6.07) is 22.1. The average molecular weight is 819 g/mol. The summed E-state index contributed by atoms with van der Waals surface area (Å²) in [7, 11) is 0. The van der Waals surface area contributed by atoms with E-state index in [0.717, 1.165) is 17.8 Å². The Morgan fingerprint density at radius 1 is 0.679 bits per heavy atom. The zero-order chi connectivity index (χ0) is 35.2. The van der Waals surface area contributed by atoms with Crippen molar-refractivity contribution in [3.05, 3.63) is 126 Å². The van der Waals surface area contributed by atoms with Gasteiger partial charge in [0.1, 0.15) is 0 Å². The summed E-state index contributed by atoms with van der Waals surface area (Å²) in [5.74, 6) is 3.56. The Kier molecular flexibility index (Phi) is 9.29. The van der Waals surface area contributed by atoms with E-state index in [2.05, 4.69) is 132 Å². The smallest absolute Gasteiger partial charge is 1.00 e. The van der Waals surface area contributed by atoms with Crippen LogP contribution in [0.4, 0.5) is 0 Å². The Morgan fingerprint density at radius 3 is 1.66 bits per heavy atom. The van der Waals surface area contributed by atoms with Crippen molar-refractivity contribution in [3.63, 3.8) is 0 Å². The summed E-state index contributed by atoms with van der Waals surface area (Å²) in [6.07, 6.45) is 18.3. The van der Waals surface area contributed by atoms with Crippen LogP contribution in [0, 0.1) is 29.1 Å². The molecule has 4 saturated carbocycles. The Balaban J connectivity index is 0.00000200. The summed E-state index contributed by atoms with van der Waals surface area (Å²) in [4.78, 5) is 0. The molecule has 1 atom stereocenters. The van der Waals surface area contributed by atoms with Gasteiger partial charge in [0.15, 0.2) is 0 Å². The maximum Gasteiger partial charge on any atom is -1.00 e. The summed E-state index contributed by atoms with van der Waals surface area (Å²) in [5, 5.41) is 0. The fraction of sp³-hybridized carbons (Fsp3) is 0.460. The van der Waals surface area contributed by atoms with Crippen molar-refractivity contribution in [2.45, 2.75) is 115 Å². The molecular weight excluding hydrogens is 763 g/mol. The van der Waals surface area contributed by atoms with E-state index in [1.165, 1.54) is 95.0 Å². The van der Waals surface area contributed by atoms with E-state index in [0.29, 0.717) is 15.0 Å². The Morgan fingerprint density at radius 2 is 1.17 bits per heavy atom. The maximum atomic E-state index is 2.87. The summed E-state index contributed by atoms with van der Waals surface area (Å²) < 4.78 is 5.21. The Bertz CT molecular complexity index is 2080. The number of fused-ring (bicyclic) bond motifs is 5. The van der Waals surface area contributed by atoms with E-state index in [9.17, 15) is 0 Å². The molecule has 3 aromatic carbocycles. The average Bonchev–Trinajstić information content (AvgIpc) is 3.68. The molecule has 0 N–H and O–H groups in total. The number of halogens is 2. The van der Waals surface area contributed by atoms with Crippen LogP contribution < -0.4 is 24.8 Å². The second kappa shape index (κ2) is 13.0. The molecule has 11 rings (SSSR count). The quantitative estimate of drug-likeness (QED) is 0.259. The first-order chi connectivity index (χ1) is 24.3. The van der Waals surface area contributed by atoms with Crippen molar-refractivity contribution >= 4 is 14.9 Å². The minimum Gasteiger partial charge on any atom is -1.00 e. The molecule has 0 aliphatic heterocycles. The molecule has 8 aliphatic rings. The summed E-state index contributed by atoms with van der Waals surface area (Å²) in [6.45, 7) is 19.5. The second-order valence-electron chi connectivity index (χ2n) is 19.6. The zero-order valence-electron chi connectivity index (χ0n) is 33.1. The second-order valence-corrected chi connectivity index (χ2v) is 25.3. The molecule has 274 valence electrons. The van der Waals surface area contributed by atoms with Gasteiger partial charge in [-0.15, -0.1) is 0 Å². The van der Waals surface area contributed by atoms with Crippen molar-refractivity contribution in [1.82, 2.24) is 0 Å². The van der Waals surface area contributed by atoms with Crippen LogP contribution in [0.15, 0.2) is 87.3 Å². The fourth-order valence-corrected chi connectivity index (χ4v) is 22.1. The van der Waals surface area contributed by atoms with Gasteiger partial charge >= 0.3 is 317 Å². The number of hydrogen-bond donors (Lipinski definition) is 0.